The van der Waals surface area contributed by atoms with Gasteiger partial charge in [0.15, 0.2) is 0 Å². The second-order valence-corrected chi connectivity index (χ2v) is 16.3. The Balaban J connectivity index is 1.18. The van der Waals surface area contributed by atoms with Crippen LogP contribution in [0.4, 0.5) is 0 Å². The number of fused-ring (bicyclic) bond motifs is 13. The van der Waals surface area contributed by atoms with E-state index in [0.717, 1.165) is 44.0 Å². The molecule has 0 bridgehead atoms. The Hall–Kier alpha value is -7.34. The molecule has 262 valence electrons. The largest absolute Gasteiger partial charge is 0.308 e. The Labute approximate surface area is 328 Å². The molecule has 57 heavy (non-hydrogen) atoms. The molecule has 0 aliphatic rings. The molecule has 5 heterocycles. The SMILES string of the molecule is c1ccc2c(c1)ccc1c(-c3cccc4c3sc3ccccc34)nc(-n3c4cccc5c6cccc7c8c9ccccc9ccc8n(c8cccc3c8c54)c67)nc12. The summed E-state index contributed by atoms with van der Waals surface area (Å²) in [7, 11) is 0. The third-order valence-electron chi connectivity index (χ3n) is 12.4. The minimum Gasteiger partial charge on any atom is -0.308 e. The lowest BCUT2D eigenvalue weighted by atomic mass is 10.0. The van der Waals surface area contributed by atoms with Gasteiger partial charge < -0.3 is 4.40 Å². The summed E-state index contributed by atoms with van der Waals surface area (Å²) in [6, 6.07) is 62.1. The number of hydrogen-bond acceptors (Lipinski definition) is 3. The van der Waals surface area contributed by atoms with E-state index < -0.39 is 0 Å². The first-order chi connectivity index (χ1) is 28.3. The predicted octanol–water partition coefficient (Wildman–Crippen LogP) is 14.2. The highest BCUT2D eigenvalue weighted by Crippen LogP contribution is 2.46. The van der Waals surface area contributed by atoms with Crippen LogP contribution in [0.3, 0.4) is 0 Å². The Bertz CT molecular complexity index is 4050. The van der Waals surface area contributed by atoms with Crippen LogP contribution in [-0.2, 0) is 0 Å². The van der Waals surface area contributed by atoms with Crippen LogP contribution in [-0.4, -0.2) is 18.9 Å². The van der Waals surface area contributed by atoms with Gasteiger partial charge in [-0.05, 0) is 57.9 Å². The van der Waals surface area contributed by atoms with E-state index in [1.165, 1.54) is 79.8 Å². The van der Waals surface area contributed by atoms with Crippen LogP contribution in [0.1, 0.15) is 0 Å². The van der Waals surface area contributed by atoms with Gasteiger partial charge in [-0.15, -0.1) is 11.3 Å². The number of nitrogens with zero attached hydrogens (tertiary/aromatic N) is 4. The summed E-state index contributed by atoms with van der Waals surface area (Å²) in [5, 5.41) is 15.9. The molecule has 0 N–H and O–H groups in total. The maximum Gasteiger partial charge on any atom is 0.235 e. The monoisotopic (exact) mass is 740 g/mol. The van der Waals surface area contributed by atoms with Crippen molar-refractivity contribution in [1.82, 2.24) is 18.9 Å². The maximum absolute atomic E-state index is 5.65. The van der Waals surface area contributed by atoms with Crippen LogP contribution in [0, 0.1) is 0 Å². The van der Waals surface area contributed by atoms with Crippen LogP contribution in [0.25, 0.3) is 130 Å². The standard InChI is InChI=1S/C52H28N4S/c1-3-13-31-29(11-1)26-28-43-45(31)37-19-7-17-35-34-16-9-21-40-46(34)47-41(55(43)50(35)37)22-10-23-42(47)56(40)52-53-48-32-14-4-2-12-30(32)25-27-38(48)49(54-52)39-20-8-18-36-33-15-5-6-24-44(33)57-51(36)39/h1-28H. The fourth-order valence-corrected chi connectivity index (χ4v) is 11.3. The number of rotatable bonds is 2. The summed E-state index contributed by atoms with van der Waals surface area (Å²) in [5.74, 6) is 0.670. The molecule has 0 aliphatic carbocycles. The number of hydrogen-bond donors (Lipinski definition) is 0. The molecular weight excluding hydrogens is 713 g/mol. The quantitative estimate of drug-likeness (QED) is 0.165. The number of benzene rings is 9. The zero-order valence-electron chi connectivity index (χ0n) is 30.4. The average Bonchev–Trinajstić information content (AvgIpc) is 3.91. The molecule has 5 aromatic heterocycles. The highest BCUT2D eigenvalue weighted by molar-refractivity contribution is 7.26. The summed E-state index contributed by atoms with van der Waals surface area (Å²) in [6.45, 7) is 0. The van der Waals surface area contributed by atoms with Crippen molar-refractivity contribution in [2.75, 3.05) is 0 Å². The molecule has 0 amide bonds. The molecule has 5 heteroatoms. The van der Waals surface area contributed by atoms with Gasteiger partial charge in [-0.25, -0.2) is 9.97 Å². The lowest BCUT2D eigenvalue weighted by Crippen LogP contribution is -2.04. The summed E-state index contributed by atoms with van der Waals surface area (Å²) in [6.07, 6.45) is 0. The third kappa shape index (κ3) is 3.77. The lowest BCUT2D eigenvalue weighted by Gasteiger charge is -2.14. The predicted molar refractivity (Wildman–Crippen MR) is 242 cm³/mol. The summed E-state index contributed by atoms with van der Waals surface area (Å²) < 4.78 is 7.35. The number of thiophene rings is 1. The van der Waals surface area contributed by atoms with Gasteiger partial charge in [0, 0.05) is 63.4 Å². The van der Waals surface area contributed by atoms with E-state index in [9.17, 15) is 0 Å². The molecule has 9 aromatic carbocycles. The minimum atomic E-state index is 0.670. The van der Waals surface area contributed by atoms with Gasteiger partial charge in [-0.3, -0.25) is 4.57 Å². The van der Waals surface area contributed by atoms with Gasteiger partial charge >= 0.3 is 0 Å². The van der Waals surface area contributed by atoms with E-state index in [1.54, 1.807) is 0 Å². The summed E-state index contributed by atoms with van der Waals surface area (Å²) >= 11 is 1.84. The van der Waals surface area contributed by atoms with Gasteiger partial charge in [0.2, 0.25) is 5.95 Å². The zero-order valence-corrected chi connectivity index (χ0v) is 31.2. The minimum absolute atomic E-state index is 0.670. The number of aromatic nitrogens is 4. The maximum atomic E-state index is 5.65. The highest BCUT2D eigenvalue weighted by atomic mass is 32.1. The fourth-order valence-electron chi connectivity index (χ4n) is 10.1. The summed E-state index contributed by atoms with van der Waals surface area (Å²) in [5.41, 5.74) is 8.85. The van der Waals surface area contributed by atoms with Crippen LogP contribution < -0.4 is 0 Å². The van der Waals surface area contributed by atoms with Crippen LogP contribution in [0.2, 0.25) is 0 Å². The van der Waals surface area contributed by atoms with Crippen molar-refractivity contribution in [2.24, 2.45) is 0 Å². The molecule has 0 radical (unpaired) electrons. The second-order valence-electron chi connectivity index (χ2n) is 15.3. The topological polar surface area (TPSA) is 35.1 Å². The van der Waals surface area contributed by atoms with E-state index in [-0.39, 0.29) is 0 Å². The van der Waals surface area contributed by atoms with E-state index >= 15 is 0 Å². The molecule has 0 spiro atoms. The van der Waals surface area contributed by atoms with Gasteiger partial charge in [-0.1, -0.05) is 133 Å². The fraction of sp³-hybridized carbons (Fsp3) is 0. The molecule has 0 saturated carbocycles. The smallest absolute Gasteiger partial charge is 0.235 e. The molecule has 14 rings (SSSR count). The first kappa shape index (κ1) is 29.9. The van der Waals surface area contributed by atoms with E-state index in [0.29, 0.717) is 5.95 Å². The van der Waals surface area contributed by atoms with Crippen molar-refractivity contribution in [3.8, 4) is 17.2 Å². The first-order valence-corrected chi connectivity index (χ1v) is 20.2. The lowest BCUT2D eigenvalue weighted by molar-refractivity contribution is 1.02. The molecule has 4 nitrogen and oxygen atoms in total. The van der Waals surface area contributed by atoms with Crippen molar-refractivity contribution in [3.63, 3.8) is 0 Å². The molecule has 0 aliphatic heterocycles. The van der Waals surface area contributed by atoms with E-state index in [4.69, 9.17) is 9.97 Å². The number of para-hydroxylation sites is 1. The molecule has 0 fully saturated rings. The van der Waals surface area contributed by atoms with Gasteiger partial charge in [0.1, 0.15) is 0 Å². The van der Waals surface area contributed by atoms with Crippen molar-refractivity contribution in [1.29, 1.82) is 0 Å². The van der Waals surface area contributed by atoms with Crippen molar-refractivity contribution in [2.45, 2.75) is 0 Å². The highest BCUT2D eigenvalue weighted by Gasteiger charge is 2.25. The molecule has 14 aromatic rings. The Kier molecular flexibility index (Phi) is 5.62. The van der Waals surface area contributed by atoms with Crippen LogP contribution in [0.5, 0.6) is 0 Å². The Morgan fingerprint density at radius 1 is 0.386 bits per heavy atom. The van der Waals surface area contributed by atoms with E-state index in [1.807, 2.05) is 11.3 Å². The molecule has 0 saturated heterocycles. The average molecular weight is 741 g/mol. The van der Waals surface area contributed by atoms with Crippen LogP contribution in [0.15, 0.2) is 170 Å². The third-order valence-corrected chi connectivity index (χ3v) is 13.7. The van der Waals surface area contributed by atoms with E-state index in [2.05, 4.69) is 179 Å². The Morgan fingerprint density at radius 3 is 1.93 bits per heavy atom. The Morgan fingerprint density at radius 2 is 1.02 bits per heavy atom. The first-order valence-electron chi connectivity index (χ1n) is 19.4. The molecular formula is C52H28N4S. The zero-order chi connectivity index (χ0) is 36.9. The summed E-state index contributed by atoms with van der Waals surface area (Å²) in [4.78, 5) is 11.2. The van der Waals surface area contributed by atoms with Crippen LogP contribution >= 0.6 is 11.3 Å². The van der Waals surface area contributed by atoms with Gasteiger partial charge in [0.05, 0.1) is 38.8 Å². The second kappa shape index (κ2) is 10.7. The van der Waals surface area contributed by atoms with Crippen molar-refractivity contribution in [3.05, 3.63) is 170 Å². The van der Waals surface area contributed by atoms with Gasteiger partial charge in [0.25, 0.3) is 0 Å². The van der Waals surface area contributed by atoms with Crippen molar-refractivity contribution >= 4 is 124 Å². The van der Waals surface area contributed by atoms with Gasteiger partial charge in [-0.2, -0.15) is 0 Å². The molecule has 0 atom stereocenters. The molecule has 0 unspecified atom stereocenters. The normalized spacial score (nSPS) is 12.6. The van der Waals surface area contributed by atoms with Crippen molar-refractivity contribution < 1.29 is 0 Å².